The molecule has 0 aromatic carbocycles. The highest BCUT2D eigenvalue weighted by atomic mass is 32.2. The van der Waals surface area contributed by atoms with E-state index < -0.39 is 5.54 Å². The Kier molecular flexibility index (Phi) is 3.33. The lowest BCUT2D eigenvalue weighted by atomic mass is 10.0. The molecule has 0 spiro atoms. The van der Waals surface area contributed by atoms with E-state index in [4.69, 9.17) is 5.73 Å². The van der Waals surface area contributed by atoms with E-state index in [-0.39, 0.29) is 5.95 Å². The van der Waals surface area contributed by atoms with Gasteiger partial charge in [-0.2, -0.15) is 20.2 Å². The Bertz CT molecular complexity index is 449. The molecule has 0 aliphatic heterocycles. The van der Waals surface area contributed by atoms with Crippen molar-refractivity contribution in [2.45, 2.75) is 36.4 Å². The molecule has 1 aromatic heterocycles. The maximum absolute atomic E-state index is 9.25. The summed E-state index contributed by atoms with van der Waals surface area (Å²) in [6.45, 7) is 0. The Balaban J connectivity index is 2.23. The molecular formula is C10H14N6S. The molecule has 1 saturated carbocycles. The van der Waals surface area contributed by atoms with Crippen LogP contribution in [0.25, 0.3) is 0 Å². The van der Waals surface area contributed by atoms with E-state index >= 15 is 0 Å². The van der Waals surface area contributed by atoms with E-state index in [1.165, 1.54) is 11.8 Å². The molecule has 3 N–H and O–H groups in total. The zero-order chi connectivity index (χ0) is 12.3. The van der Waals surface area contributed by atoms with Gasteiger partial charge in [0.1, 0.15) is 5.54 Å². The predicted molar refractivity (Wildman–Crippen MR) is 66.5 cm³/mol. The van der Waals surface area contributed by atoms with Crippen molar-refractivity contribution in [2.24, 2.45) is 0 Å². The Morgan fingerprint density at radius 1 is 1.35 bits per heavy atom. The van der Waals surface area contributed by atoms with E-state index in [1.807, 2.05) is 6.26 Å². The maximum atomic E-state index is 9.25. The van der Waals surface area contributed by atoms with Gasteiger partial charge >= 0.3 is 0 Å². The largest absolute Gasteiger partial charge is 0.368 e. The minimum absolute atomic E-state index is 0.179. The van der Waals surface area contributed by atoms with Gasteiger partial charge in [-0.3, -0.25) is 0 Å². The van der Waals surface area contributed by atoms with Crippen LogP contribution in [0.1, 0.15) is 25.7 Å². The number of nitrogens with zero attached hydrogens (tertiary/aromatic N) is 4. The van der Waals surface area contributed by atoms with Crippen molar-refractivity contribution >= 4 is 23.7 Å². The fourth-order valence-corrected chi connectivity index (χ4v) is 2.34. The molecule has 0 atom stereocenters. The van der Waals surface area contributed by atoms with E-state index in [1.54, 1.807) is 0 Å². The monoisotopic (exact) mass is 250 g/mol. The van der Waals surface area contributed by atoms with Gasteiger partial charge in [0.05, 0.1) is 6.07 Å². The molecule has 1 aromatic rings. The summed E-state index contributed by atoms with van der Waals surface area (Å²) in [6.07, 6.45) is 5.62. The van der Waals surface area contributed by atoms with Gasteiger partial charge in [-0.25, -0.2) is 0 Å². The highest BCUT2D eigenvalue weighted by Gasteiger charge is 2.34. The van der Waals surface area contributed by atoms with Crippen LogP contribution in [0, 0.1) is 11.3 Å². The topological polar surface area (TPSA) is 101 Å². The summed E-state index contributed by atoms with van der Waals surface area (Å²) in [5.41, 5.74) is 5.06. The molecule has 0 unspecified atom stereocenters. The number of nitrogen functional groups attached to an aromatic ring is 1. The first-order valence-corrected chi connectivity index (χ1v) is 6.65. The van der Waals surface area contributed by atoms with E-state index in [0.29, 0.717) is 11.1 Å². The van der Waals surface area contributed by atoms with Gasteiger partial charge in [-0.05, 0) is 31.9 Å². The normalized spacial score (nSPS) is 17.6. The summed E-state index contributed by atoms with van der Waals surface area (Å²) in [5, 5.41) is 12.9. The summed E-state index contributed by atoms with van der Waals surface area (Å²) in [5.74, 6) is 0.572. The van der Waals surface area contributed by atoms with Crippen molar-refractivity contribution in [1.29, 1.82) is 5.26 Å². The van der Waals surface area contributed by atoms with Gasteiger partial charge in [0.25, 0.3) is 0 Å². The quantitative estimate of drug-likeness (QED) is 0.782. The number of hydrogen-bond acceptors (Lipinski definition) is 7. The molecule has 1 fully saturated rings. The first kappa shape index (κ1) is 11.9. The maximum Gasteiger partial charge on any atom is 0.229 e. The molecule has 1 aliphatic rings. The van der Waals surface area contributed by atoms with Crippen LogP contribution >= 0.6 is 11.8 Å². The zero-order valence-corrected chi connectivity index (χ0v) is 10.4. The Hall–Kier alpha value is -1.55. The second-order valence-electron chi connectivity index (χ2n) is 4.03. The van der Waals surface area contributed by atoms with Crippen LogP contribution in [0.4, 0.5) is 11.9 Å². The van der Waals surface area contributed by atoms with Gasteiger partial charge in [-0.1, -0.05) is 11.8 Å². The second kappa shape index (κ2) is 4.75. The second-order valence-corrected chi connectivity index (χ2v) is 4.80. The van der Waals surface area contributed by atoms with Crippen molar-refractivity contribution in [2.75, 3.05) is 17.3 Å². The van der Waals surface area contributed by atoms with Crippen molar-refractivity contribution in [1.82, 2.24) is 15.0 Å². The van der Waals surface area contributed by atoms with E-state index in [2.05, 4.69) is 26.3 Å². The number of nitrogens with one attached hydrogen (secondary N) is 1. The van der Waals surface area contributed by atoms with E-state index in [0.717, 1.165) is 25.7 Å². The molecule has 0 saturated heterocycles. The molecule has 7 heteroatoms. The van der Waals surface area contributed by atoms with Crippen molar-refractivity contribution in [3.8, 4) is 6.07 Å². The molecule has 2 rings (SSSR count). The average molecular weight is 250 g/mol. The summed E-state index contributed by atoms with van der Waals surface area (Å²) in [7, 11) is 0. The first-order valence-electron chi connectivity index (χ1n) is 5.42. The molecule has 17 heavy (non-hydrogen) atoms. The third kappa shape index (κ3) is 2.58. The number of thioether (sulfide) groups is 1. The highest BCUT2D eigenvalue weighted by molar-refractivity contribution is 7.98. The number of aromatic nitrogens is 3. The minimum atomic E-state index is -0.538. The Labute approximate surface area is 104 Å². The average Bonchev–Trinajstić information content (AvgIpc) is 2.77. The standard InChI is InChI=1S/C10H14N6S/c1-17-9-14-7(12)13-8(15-9)16-10(6-11)4-2-3-5-10/h2-5H2,1H3,(H3,12,13,14,15,16). The third-order valence-electron chi connectivity index (χ3n) is 2.84. The van der Waals surface area contributed by atoms with Gasteiger partial charge < -0.3 is 11.1 Å². The van der Waals surface area contributed by atoms with Gasteiger partial charge in [0.15, 0.2) is 5.16 Å². The summed E-state index contributed by atoms with van der Waals surface area (Å²) >= 11 is 1.40. The Morgan fingerprint density at radius 2 is 2.06 bits per heavy atom. The number of anilines is 2. The smallest absolute Gasteiger partial charge is 0.229 e. The van der Waals surface area contributed by atoms with Gasteiger partial charge in [0, 0.05) is 0 Å². The van der Waals surface area contributed by atoms with Gasteiger partial charge in [-0.15, -0.1) is 0 Å². The van der Waals surface area contributed by atoms with Crippen LogP contribution in [0.2, 0.25) is 0 Å². The SMILES string of the molecule is CSc1nc(N)nc(NC2(C#N)CCCC2)n1. The zero-order valence-electron chi connectivity index (χ0n) is 9.60. The summed E-state index contributed by atoms with van der Waals surface area (Å²) in [6, 6.07) is 2.32. The molecule has 0 bridgehead atoms. The fourth-order valence-electron chi connectivity index (χ4n) is 1.98. The van der Waals surface area contributed by atoms with Crippen LogP contribution in [-0.2, 0) is 0 Å². The molecule has 1 heterocycles. The predicted octanol–water partition coefficient (Wildman–Crippen LogP) is 1.42. The van der Waals surface area contributed by atoms with Crippen LogP contribution in [0.3, 0.4) is 0 Å². The van der Waals surface area contributed by atoms with Crippen molar-refractivity contribution in [3.05, 3.63) is 0 Å². The van der Waals surface area contributed by atoms with E-state index in [9.17, 15) is 5.26 Å². The van der Waals surface area contributed by atoms with Crippen LogP contribution in [0.5, 0.6) is 0 Å². The molecule has 0 radical (unpaired) electrons. The summed E-state index contributed by atoms with van der Waals surface area (Å²) in [4.78, 5) is 12.2. The lowest BCUT2D eigenvalue weighted by molar-refractivity contribution is 0.603. The summed E-state index contributed by atoms with van der Waals surface area (Å²) < 4.78 is 0. The Morgan fingerprint density at radius 3 is 2.65 bits per heavy atom. The number of nitriles is 1. The van der Waals surface area contributed by atoms with Crippen LogP contribution in [-0.4, -0.2) is 26.7 Å². The van der Waals surface area contributed by atoms with Crippen molar-refractivity contribution in [3.63, 3.8) is 0 Å². The first-order chi connectivity index (χ1) is 8.17. The van der Waals surface area contributed by atoms with Crippen LogP contribution in [0.15, 0.2) is 5.16 Å². The number of nitrogens with two attached hydrogens (primary N) is 1. The highest BCUT2D eigenvalue weighted by Crippen LogP contribution is 2.31. The molecular weight excluding hydrogens is 236 g/mol. The van der Waals surface area contributed by atoms with Crippen molar-refractivity contribution < 1.29 is 0 Å². The molecule has 6 nitrogen and oxygen atoms in total. The minimum Gasteiger partial charge on any atom is -0.368 e. The molecule has 0 amide bonds. The van der Waals surface area contributed by atoms with Gasteiger partial charge in [0.2, 0.25) is 11.9 Å². The molecule has 90 valence electrons. The molecule has 1 aliphatic carbocycles. The van der Waals surface area contributed by atoms with Crippen LogP contribution < -0.4 is 11.1 Å². The fraction of sp³-hybridized carbons (Fsp3) is 0.600. The lowest BCUT2D eigenvalue weighted by Crippen LogP contribution is -2.34. The third-order valence-corrected chi connectivity index (χ3v) is 3.38. The number of rotatable bonds is 3. The lowest BCUT2D eigenvalue weighted by Gasteiger charge is -2.21. The number of hydrogen-bond donors (Lipinski definition) is 2.